The molecule has 2 nitrogen and oxygen atoms in total. The number of thioether (sulfide) groups is 1. The number of phenols is 1. The highest BCUT2D eigenvalue weighted by molar-refractivity contribution is 9.11. The van der Waals surface area contributed by atoms with E-state index in [0.29, 0.717) is 14.5 Å². The lowest BCUT2D eigenvalue weighted by Crippen LogP contribution is -1.93. The molecule has 2 rings (SSSR count). The van der Waals surface area contributed by atoms with E-state index < -0.39 is 0 Å². The minimum atomic E-state index is -0.0528. The highest BCUT2D eigenvalue weighted by Crippen LogP contribution is 2.33. The molecular weight excluding hydrogens is 416 g/mol. The average Bonchev–Trinajstić information content (AvgIpc) is 2.50. The van der Waals surface area contributed by atoms with Crippen LogP contribution in [0.15, 0.2) is 56.3 Å². The van der Waals surface area contributed by atoms with Gasteiger partial charge in [0.15, 0.2) is 5.78 Å². The fourth-order valence-corrected chi connectivity index (χ4v) is 3.33. The zero-order valence-electron chi connectivity index (χ0n) is 11.1. The van der Waals surface area contributed by atoms with Crippen LogP contribution in [-0.2, 0) is 0 Å². The first kappa shape index (κ1) is 16.3. The third kappa shape index (κ3) is 4.22. The van der Waals surface area contributed by atoms with Gasteiger partial charge in [-0.25, -0.2) is 0 Å². The summed E-state index contributed by atoms with van der Waals surface area (Å²) in [4.78, 5) is 13.2. The van der Waals surface area contributed by atoms with Gasteiger partial charge in [0.25, 0.3) is 0 Å². The topological polar surface area (TPSA) is 37.3 Å². The summed E-state index contributed by atoms with van der Waals surface area (Å²) in [7, 11) is 0. The molecule has 0 aliphatic rings. The summed E-state index contributed by atoms with van der Waals surface area (Å²) in [5.41, 5.74) is 1.47. The third-order valence-electron chi connectivity index (χ3n) is 2.84. The summed E-state index contributed by atoms with van der Waals surface area (Å²) in [6, 6.07) is 11.0. The Morgan fingerprint density at radius 3 is 2.24 bits per heavy atom. The van der Waals surface area contributed by atoms with Gasteiger partial charge in [0.1, 0.15) is 5.75 Å². The second kappa shape index (κ2) is 7.29. The van der Waals surface area contributed by atoms with Gasteiger partial charge in [-0.05, 0) is 86.2 Å². The van der Waals surface area contributed by atoms with Crippen LogP contribution in [0.2, 0.25) is 0 Å². The van der Waals surface area contributed by atoms with E-state index in [1.54, 1.807) is 30.0 Å². The van der Waals surface area contributed by atoms with Crippen LogP contribution in [0.5, 0.6) is 5.75 Å². The number of carbonyl (C=O) groups excluding carboxylic acids is 1. The number of benzene rings is 2. The Hall–Kier alpha value is -1.04. The summed E-state index contributed by atoms with van der Waals surface area (Å²) in [5, 5.41) is 9.65. The number of ketones is 1. The molecule has 5 heteroatoms. The molecule has 0 heterocycles. The highest BCUT2D eigenvalue weighted by Gasteiger charge is 2.05. The Morgan fingerprint density at radius 2 is 1.71 bits per heavy atom. The van der Waals surface area contributed by atoms with Crippen LogP contribution in [0.25, 0.3) is 6.08 Å². The van der Waals surface area contributed by atoms with Gasteiger partial charge in [-0.1, -0.05) is 6.08 Å². The second-order valence-corrected chi connectivity index (χ2v) is 6.85. The fourth-order valence-electron chi connectivity index (χ4n) is 1.70. The smallest absolute Gasteiger partial charge is 0.185 e. The molecule has 0 spiro atoms. The van der Waals surface area contributed by atoms with Gasteiger partial charge in [0.2, 0.25) is 0 Å². The SMILES string of the molecule is CSc1ccc(C(=O)C=Cc2cc(Br)c(O)c(Br)c2)cc1. The molecule has 0 fully saturated rings. The molecule has 1 N–H and O–H groups in total. The Labute approximate surface area is 144 Å². The molecule has 0 aromatic heterocycles. The molecule has 0 aliphatic heterocycles. The number of aromatic hydroxyl groups is 1. The number of hydrogen-bond acceptors (Lipinski definition) is 3. The molecule has 0 amide bonds. The standard InChI is InChI=1S/C16H12Br2O2S/c1-21-12-5-3-11(4-6-12)15(19)7-2-10-8-13(17)16(20)14(18)9-10/h2-9,20H,1H3. The Bertz CT molecular complexity index is 671. The van der Waals surface area contributed by atoms with Gasteiger partial charge in [0.05, 0.1) is 8.95 Å². The molecule has 0 bridgehead atoms. The van der Waals surface area contributed by atoms with Crippen molar-refractivity contribution in [2.45, 2.75) is 4.90 Å². The average molecular weight is 428 g/mol. The number of carbonyl (C=O) groups is 1. The predicted octanol–water partition coefficient (Wildman–Crippen LogP) is 5.54. The quantitative estimate of drug-likeness (QED) is 0.395. The van der Waals surface area contributed by atoms with Crippen molar-refractivity contribution in [2.75, 3.05) is 6.26 Å². The normalized spacial score (nSPS) is 11.0. The van der Waals surface area contributed by atoms with Crippen LogP contribution in [-0.4, -0.2) is 17.1 Å². The van der Waals surface area contributed by atoms with Crippen molar-refractivity contribution in [1.82, 2.24) is 0 Å². The van der Waals surface area contributed by atoms with Gasteiger partial charge in [-0.15, -0.1) is 11.8 Å². The van der Waals surface area contributed by atoms with Crippen molar-refractivity contribution in [3.05, 3.63) is 62.5 Å². The molecule has 0 saturated heterocycles. The summed E-state index contributed by atoms with van der Waals surface area (Å²) >= 11 is 8.17. The first-order valence-corrected chi connectivity index (χ1v) is 8.87. The summed E-state index contributed by atoms with van der Waals surface area (Å²) < 4.78 is 1.15. The van der Waals surface area contributed by atoms with E-state index in [1.165, 1.54) is 6.08 Å². The van der Waals surface area contributed by atoms with E-state index in [4.69, 9.17) is 0 Å². The van der Waals surface area contributed by atoms with E-state index >= 15 is 0 Å². The van der Waals surface area contributed by atoms with Crippen LogP contribution >= 0.6 is 43.6 Å². The summed E-state index contributed by atoms with van der Waals surface area (Å²) in [5.74, 6) is 0.0918. The zero-order chi connectivity index (χ0) is 15.4. The van der Waals surface area contributed by atoms with E-state index in [1.807, 2.05) is 30.5 Å². The Kier molecular flexibility index (Phi) is 5.67. The van der Waals surface area contributed by atoms with Crippen molar-refractivity contribution in [2.24, 2.45) is 0 Å². The molecule has 108 valence electrons. The molecule has 0 saturated carbocycles. The fraction of sp³-hybridized carbons (Fsp3) is 0.0625. The molecule has 0 atom stereocenters. The summed E-state index contributed by atoms with van der Waals surface area (Å²) in [6.07, 6.45) is 5.25. The van der Waals surface area contributed by atoms with Crippen LogP contribution < -0.4 is 0 Å². The number of allylic oxidation sites excluding steroid dienone is 1. The van der Waals surface area contributed by atoms with Gasteiger partial charge >= 0.3 is 0 Å². The van der Waals surface area contributed by atoms with Gasteiger partial charge < -0.3 is 5.11 Å². The van der Waals surface area contributed by atoms with Crippen molar-refractivity contribution in [3.8, 4) is 5.75 Å². The Morgan fingerprint density at radius 1 is 1.14 bits per heavy atom. The maximum absolute atomic E-state index is 12.1. The molecule has 21 heavy (non-hydrogen) atoms. The van der Waals surface area contributed by atoms with Gasteiger partial charge in [0, 0.05) is 10.5 Å². The van der Waals surface area contributed by atoms with Crippen molar-refractivity contribution in [3.63, 3.8) is 0 Å². The number of hydrogen-bond donors (Lipinski definition) is 1. The van der Waals surface area contributed by atoms with Crippen LogP contribution in [0.4, 0.5) is 0 Å². The van der Waals surface area contributed by atoms with E-state index in [-0.39, 0.29) is 11.5 Å². The lowest BCUT2D eigenvalue weighted by atomic mass is 10.1. The maximum atomic E-state index is 12.1. The minimum Gasteiger partial charge on any atom is -0.506 e. The van der Waals surface area contributed by atoms with Crippen LogP contribution in [0.1, 0.15) is 15.9 Å². The third-order valence-corrected chi connectivity index (χ3v) is 4.79. The largest absolute Gasteiger partial charge is 0.506 e. The predicted molar refractivity (Wildman–Crippen MR) is 95.1 cm³/mol. The molecule has 0 unspecified atom stereocenters. The number of phenolic OH excluding ortho intramolecular Hbond substituents is 1. The van der Waals surface area contributed by atoms with E-state index in [0.717, 1.165) is 10.5 Å². The molecule has 2 aromatic rings. The second-order valence-electron chi connectivity index (χ2n) is 4.26. The number of rotatable bonds is 4. The monoisotopic (exact) mass is 426 g/mol. The lowest BCUT2D eigenvalue weighted by molar-refractivity contribution is 0.104. The summed E-state index contributed by atoms with van der Waals surface area (Å²) in [6.45, 7) is 0. The lowest BCUT2D eigenvalue weighted by Gasteiger charge is -2.02. The Balaban J connectivity index is 2.18. The molecular formula is C16H12Br2O2S. The number of halogens is 2. The zero-order valence-corrected chi connectivity index (χ0v) is 15.1. The first-order chi connectivity index (χ1) is 10.0. The molecule has 0 aliphatic carbocycles. The molecule has 0 radical (unpaired) electrons. The minimum absolute atomic E-state index is 0.0528. The first-order valence-electron chi connectivity index (χ1n) is 6.05. The maximum Gasteiger partial charge on any atom is 0.185 e. The van der Waals surface area contributed by atoms with Crippen LogP contribution in [0.3, 0.4) is 0 Å². The van der Waals surface area contributed by atoms with E-state index in [2.05, 4.69) is 31.9 Å². The van der Waals surface area contributed by atoms with Gasteiger partial charge in [-0.3, -0.25) is 4.79 Å². The van der Waals surface area contributed by atoms with Crippen molar-refractivity contribution in [1.29, 1.82) is 0 Å². The molecule has 2 aromatic carbocycles. The van der Waals surface area contributed by atoms with Crippen molar-refractivity contribution < 1.29 is 9.90 Å². The highest BCUT2D eigenvalue weighted by atomic mass is 79.9. The van der Waals surface area contributed by atoms with Crippen molar-refractivity contribution >= 4 is 55.5 Å². The van der Waals surface area contributed by atoms with Gasteiger partial charge in [-0.2, -0.15) is 0 Å². The van der Waals surface area contributed by atoms with Crippen LogP contribution in [0, 0.1) is 0 Å². The van der Waals surface area contributed by atoms with E-state index in [9.17, 15) is 9.90 Å².